The van der Waals surface area contributed by atoms with Crippen molar-refractivity contribution in [3.8, 4) is 11.5 Å². The molecule has 3 N–H and O–H groups in total. The largest absolute Gasteiger partial charge is 0.496 e. The fourth-order valence-electron chi connectivity index (χ4n) is 2.60. The minimum atomic E-state index is 0.150. The van der Waals surface area contributed by atoms with Crippen molar-refractivity contribution in [1.82, 2.24) is 15.0 Å². The molecule has 0 spiro atoms. The maximum Gasteiger partial charge on any atom is 0.230 e. The third-order valence-corrected chi connectivity index (χ3v) is 3.84. The number of nitrogen functional groups attached to an aromatic ring is 1. The predicted octanol–water partition coefficient (Wildman–Crippen LogP) is 1.64. The van der Waals surface area contributed by atoms with Gasteiger partial charge in [-0.3, -0.25) is 4.79 Å². The first kappa shape index (κ1) is 17.3. The Morgan fingerprint density at radius 1 is 1.15 bits per heavy atom. The molecule has 0 bridgehead atoms. The average molecular weight is 353 g/mol. The molecular formula is C18H19N5O3. The summed E-state index contributed by atoms with van der Waals surface area (Å²) in [5, 5.41) is 5.49. The molecule has 0 atom stereocenters. The van der Waals surface area contributed by atoms with E-state index < -0.39 is 0 Å². The Hall–Kier alpha value is -3.55. The van der Waals surface area contributed by atoms with Crippen LogP contribution in [0.25, 0.3) is 11.0 Å². The van der Waals surface area contributed by atoms with E-state index in [0.29, 0.717) is 34.5 Å². The van der Waals surface area contributed by atoms with Gasteiger partial charge < -0.3 is 20.2 Å². The molecule has 0 aliphatic heterocycles. The maximum atomic E-state index is 11.6. The molecule has 0 radical (unpaired) electrons. The fraction of sp³-hybridized carbons (Fsp3) is 0.167. The molecular weight excluding hydrogens is 334 g/mol. The summed E-state index contributed by atoms with van der Waals surface area (Å²) in [4.78, 5) is 18.9. The van der Waals surface area contributed by atoms with Crippen LogP contribution in [0.1, 0.15) is 5.56 Å². The van der Waals surface area contributed by atoms with E-state index in [1.807, 2.05) is 30.3 Å². The van der Waals surface area contributed by atoms with Crippen molar-refractivity contribution in [1.29, 1.82) is 0 Å². The second-order valence-corrected chi connectivity index (χ2v) is 5.43. The summed E-state index contributed by atoms with van der Waals surface area (Å²) in [6.45, 7) is 0.150. The summed E-state index contributed by atoms with van der Waals surface area (Å²) in [6, 6.07) is 12.8. The zero-order valence-corrected chi connectivity index (χ0v) is 14.5. The number of nitrogens with two attached hydrogens (primary N) is 1. The van der Waals surface area contributed by atoms with E-state index in [4.69, 9.17) is 15.2 Å². The number of benzene rings is 2. The highest BCUT2D eigenvalue weighted by Gasteiger charge is 2.13. The minimum Gasteiger partial charge on any atom is -0.496 e. The lowest BCUT2D eigenvalue weighted by Gasteiger charge is -2.16. The Morgan fingerprint density at radius 2 is 1.85 bits per heavy atom. The molecule has 2 aromatic carbocycles. The second kappa shape index (κ2) is 7.56. The van der Waals surface area contributed by atoms with Gasteiger partial charge in [0.25, 0.3) is 0 Å². The van der Waals surface area contributed by atoms with Crippen LogP contribution >= 0.6 is 0 Å². The van der Waals surface area contributed by atoms with Crippen LogP contribution in [-0.2, 0) is 11.3 Å². The number of ether oxygens (including phenoxy) is 2. The summed E-state index contributed by atoms with van der Waals surface area (Å²) < 4.78 is 10.7. The van der Waals surface area contributed by atoms with Gasteiger partial charge in [-0.15, -0.1) is 5.10 Å². The molecule has 1 aromatic heterocycles. The molecule has 0 saturated carbocycles. The zero-order valence-electron chi connectivity index (χ0n) is 14.5. The third-order valence-electron chi connectivity index (χ3n) is 3.84. The molecule has 0 aliphatic carbocycles. The number of rotatable bonds is 6. The van der Waals surface area contributed by atoms with Gasteiger partial charge in [0.15, 0.2) is 11.3 Å². The van der Waals surface area contributed by atoms with E-state index in [0.717, 1.165) is 5.52 Å². The molecule has 1 amide bonds. The van der Waals surface area contributed by atoms with Crippen LogP contribution in [0.3, 0.4) is 0 Å². The Balaban J connectivity index is 2.02. The van der Waals surface area contributed by atoms with Crippen LogP contribution in [-0.4, -0.2) is 35.6 Å². The molecule has 3 aromatic rings. The van der Waals surface area contributed by atoms with Gasteiger partial charge in [0, 0.05) is 0 Å². The monoisotopic (exact) mass is 353 g/mol. The van der Waals surface area contributed by atoms with Gasteiger partial charge in [0.1, 0.15) is 11.5 Å². The van der Waals surface area contributed by atoms with Gasteiger partial charge in [0.05, 0.1) is 37.4 Å². The van der Waals surface area contributed by atoms with Crippen molar-refractivity contribution in [3.63, 3.8) is 0 Å². The van der Waals surface area contributed by atoms with Gasteiger partial charge >= 0.3 is 0 Å². The first-order chi connectivity index (χ1) is 12.7. The maximum absolute atomic E-state index is 11.6. The molecule has 0 saturated heterocycles. The Bertz CT molecular complexity index is 977. The molecule has 26 heavy (non-hydrogen) atoms. The molecule has 0 fully saturated rings. The Kier molecular flexibility index (Phi) is 5.02. The number of para-hydroxylation sites is 2. The number of anilines is 1. The van der Waals surface area contributed by atoms with Gasteiger partial charge in [-0.2, -0.15) is 0 Å². The van der Waals surface area contributed by atoms with Crippen molar-refractivity contribution in [2.75, 3.05) is 20.0 Å². The summed E-state index contributed by atoms with van der Waals surface area (Å²) in [7, 11) is 3.11. The number of carbonyl (C=O) groups excluding carboxylic acids is 1. The number of fused-ring (bicyclic) bond motifs is 1. The van der Waals surface area contributed by atoms with Crippen LogP contribution in [0.15, 0.2) is 47.6 Å². The lowest BCUT2D eigenvalue weighted by molar-refractivity contribution is -0.118. The van der Waals surface area contributed by atoms with Crippen LogP contribution in [0.2, 0.25) is 0 Å². The molecule has 0 unspecified atom stereocenters. The highest BCUT2D eigenvalue weighted by molar-refractivity contribution is 5.74. The van der Waals surface area contributed by atoms with Crippen LogP contribution in [0.5, 0.6) is 11.5 Å². The number of nitrogens with one attached hydrogen (secondary N) is 1. The Labute approximate surface area is 149 Å². The lowest BCUT2D eigenvalue weighted by Crippen LogP contribution is -2.24. The number of H-pyrrole nitrogens is 1. The van der Waals surface area contributed by atoms with Gasteiger partial charge in [-0.25, -0.2) is 9.99 Å². The first-order valence-electron chi connectivity index (χ1n) is 7.87. The lowest BCUT2D eigenvalue weighted by atomic mass is 10.1. The molecule has 0 aliphatic rings. The minimum absolute atomic E-state index is 0.150. The van der Waals surface area contributed by atoms with Crippen molar-refractivity contribution in [2.45, 2.75) is 6.54 Å². The summed E-state index contributed by atoms with van der Waals surface area (Å²) >= 11 is 0. The topological polar surface area (TPSA) is 106 Å². The Morgan fingerprint density at radius 3 is 2.50 bits per heavy atom. The van der Waals surface area contributed by atoms with Crippen molar-refractivity contribution >= 4 is 23.3 Å². The molecule has 134 valence electrons. The number of hydrogen-bond acceptors (Lipinski definition) is 6. The number of amides is 1. The van der Waals surface area contributed by atoms with Gasteiger partial charge in [0.2, 0.25) is 6.41 Å². The molecule has 8 heteroatoms. The third kappa shape index (κ3) is 3.44. The number of carbonyl (C=O) groups is 1. The quantitative estimate of drug-likeness (QED) is 0.518. The highest BCUT2D eigenvalue weighted by atomic mass is 16.5. The summed E-state index contributed by atoms with van der Waals surface area (Å²) in [5.74, 6) is 1.39. The average Bonchev–Trinajstić information content (AvgIpc) is 2.67. The SMILES string of the molecule is COc1cccc(OC)c1CN(C=O)/N=c1\[nH]c2ccccc2nc1N. The van der Waals surface area contributed by atoms with Crippen molar-refractivity contribution in [3.05, 3.63) is 53.5 Å². The number of nitrogens with zero attached hydrogens (tertiary/aromatic N) is 3. The standard InChI is InChI=1S/C18H19N5O3/c1-25-15-8-5-9-16(26-2)12(15)10-23(11-24)22-18-17(19)20-13-6-3-4-7-14(13)21-18/h3-9,11H,10H2,1-2H3,(H2,19,20)(H,21,22). The molecule has 3 rings (SSSR count). The van der Waals surface area contributed by atoms with E-state index in [-0.39, 0.29) is 12.4 Å². The second-order valence-electron chi connectivity index (χ2n) is 5.43. The fourth-order valence-corrected chi connectivity index (χ4v) is 2.60. The van der Waals surface area contributed by atoms with Gasteiger partial charge in [-0.05, 0) is 24.3 Å². The van der Waals surface area contributed by atoms with E-state index in [2.05, 4.69) is 15.1 Å². The van der Waals surface area contributed by atoms with E-state index in [1.54, 1.807) is 26.4 Å². The number of hydrogen-bond donors (Lipinski definition) is 2. The van der Waals surface area contributed by atoms with Crippen LogP contribution < -0.4 is 20.7 Å². The number of aromatic amines is 1. The summed E-state index contributed by atoms with van der Waals surface area (Å²) in [5.41, 5.74) is 8.44. The van der Waals surface area contributed by atoms with Crippen LogP contribution in [0, 0.1) is 0 Å². The zero-order chi connectivity index (χ0) is 18.5. The number of methoxy groups -OCH3 is 2. The molecule has 8 nitrogen and oxygen atoms in total. The van der Waals surface area contributed by atoms with E-state index in [1.165, 1.54) is 5.01 Å². The predicted molar refractivity (Wildman–Crippen MR) is 97.2 cm³/mol. The highest BCUT2D eigenvalue weighted by Crippen LogP contribution is 2.29. The molecule has 1 heterocycles. The smallest absolute Gasteiger partial charge is 0.230 e. The van der Waals surface area contributed by atoms with Crippen molar-refractivity contribution < 1.29 is 14.3 Å². The van der Waals surface area contributed by atoms with Gasteiger partial charge in [-0.1, -0.05) is 18.2 Å². The van der Waals surface area contributed by atoms with Crippen LogP contribution in [0.4, 0.5) is 5.82 Å². The van der Waals surface area contributed by atoms with Crippen molar-refractivity contribution in [2.24, 2.45) is 5.10 Å². The normalized spacial score (nSPS) is 11.4. The van der Waals surface area contributed by atoms with E-state index in [9.17, 15) is 4.79 Å². The summed E-state index contributed by atoms with van der Waals surface area (Å²) in [6.07, 6.45) is 0.606. The number of aromatic nitrogens is 2. The van der Waals surface area contributed by atoms with E-state index >= 15 is 0 Å². The first-order valence-corrected chi connectivity index (χ1v) is 7.87.